The van der Waals surface area contributed by atoms with Crippen LogP contribution >= 0.6 is 0 Å². The van der Waals surface area contributed by atoms with Gasteiger partial charge in [0.25, 0.3) is 5.91 Å². The average Bonchev–Trinajstić information content (AvgIpc) is 3.01. The lowest BCUT2D eigenvalue weighted by Gasteiger charge is -2.08. The quantitative estimate of drug-likeness (QED) is 0.755. The number of hydrogen-bond acceptors (Lipinski definition) is 3. The summed E-state index contributed by atoms with van der Waals surface area (Å²) in [6.07, 6.45) is -4.38. The fourth-order valence-electron chi connectivity index (χ4n) is 2.62. The molecule has 0 unspecified atom stereocenters. The third-order valence-corrected chi connectivity index (χ3v) is 4.09. The normalized spacial score (nSPS) is 11.4. The summed E-state index contributed by atoms with van der Waals surface area (Å²) in [6, 6.07) is 12.3. The van der Waals surface area contributed by atoms with Crippen LogP contribution in [0.3, 0.4) is 0 Å². The molecule has 3 aromatic rings. The molecule has 0 radical (unpaired) electrons. The van der Waals surface area contributed by atoms with Gasteiger partial charge >= 0.3 is 6.18 Å². The van der Waals surface area contributed by atoms with Crippen molar-refractivity contribution in [2.45, 2.75) is 26.6 Å². The molecule has 0 aliphatic carbocycles. The third-order valence-electron chi connectivity index (χ3n) is 4.09. The zero-order valence-corrected chi connectivity index (χ0v) is 14.7. The van der Waals surface area contributed by atoms with E-state index in [9.17, 15) is 18.0 Å². The topological polar surface area (TPSA) is 59.8 Å². The molecule has 1 amide bonds. The maximum atomic E-state index is 12.6. The first-order chi connectivity index (χ1) is 12.8. The maximum absolute atomic E-state index is 12.6. The first-order valence-corrected chi connectivity index (χ1v) is 8.19. The second kappa shape index (κ2) is 7.22. The van der Waals surface area contributed by atoms with Crippen LogP contribution in [0.5, 0.6) is 0 Å². The van der Waals surface area contributed by atoms with E-state index in [4.69, 9.17) is 0 Å². The van der Waals surface area contributed by atoms with Crippen molar-refractivity contribution in [3.8, 4) is 5.69 Å². The van der Waals surface area contributed by atoms with Gasteiger partial charge in [-0.1, -0.05) is 29.5 Å². The third kappa shape index (κ3) is 4.16. The lowest BCUT2D eigenvalue weighted by atomic mass is 10.1. The molecule has 1 N–H and O–H groups in total. The summed E-state index contributed by atoms with van der Waals surface area (Å²) >= 11 is 0. The Kier molecular flexibility index (Phi) is 4.98. The van der Waals surface area contributed by atoms with E-state index < -0.39 is 17.6 Å². The second-order valence-electron chi connectivity index (χ2n) is 6.15. The van der Waals surface area contributed by atoms with Crippen LogP contribution in [0.4, 0.5) is 13.2 Å². The van der Waals surface area contributed by atoms with E-state index in [0.717, 1.165) is 23.4 Å². The largest absolute Gasteiger partial charge is 0.416 e. The Labute approximate surface area is 153 Å². The van der Waals surface area contributed by atoms with Crippen molar-refractivity contribution in [1.82, 2.24) is 20.3 Å². The van der Waals surface area contributed by atoms with E-state index in [2.05, 4.69) is 15.6 Å². The van der Waals surface area contributed by atoms with Crippen molar-refractivity contribution in [3.63, 3.8) is 0 Å². The maximum Gasteiger partial charge on any atom is 0.416 e. The van der Waals surface area contributed by atoms with E-state index in [1.54, 1.807) is 11.6 Å². The zero-order valence-electron chi connectivity index (χ0n) is 14.7. The Bertz CT molecular complexity index is 962. The van der Waals surface area contributed by atoms with Gasteiger partial charge in [0, 0.05) is 6.54 Å². The molecule has 0 aliphatic rings. The lowest BCUT2D eigenvalue weighted by Crippen LogP contribution is -2.24. The number of aryl methyl sites for hydroxylation is 1. The number of rotatable bonds is 4. The molecule has 2 aromatic carbocycles. The van der Waals surface area contributed by atoms with E-state index in [-0.39, 0.29) is 12.2 Å². The van der Waals surface area contributed by atoms with Gasteiger partial charge < -0.3 is 5.32 Å². The molecule has 0 aliphatic heterocycles. The predicted molar refractivity (Wildman–Crippen MR) is 93.4 cm³/mol. The highest BCUT2D eigenvalue weighted by Crippen LogP contribution is 2.29. The van der Waals surface area contributed by atoms with Gasteiger partial charge in [-0.2, -0.15) is 13.2 Å². The summed E-state index contributed by atoms with van der Waals surface area (Å²) in [5.74, 6) is -0.439. The number of carbonyl (C=O) groups is 1. The molecule has 140 valence electrons. The molecule has 0 saturated heterocycles. The fraction of sp³-hybridized carbons (Fsp3) is 0.211. The number of aromatic nitrogens is 3. The summed E-state index contributed by atoms with van der Waals surface area (Å²) in [4.78, 5) is 12.4. The van der Waals surface area contributed by atoms with Crippen LogP contribution in [0.1, 0.15) is 32.9 Å². The first-order valence-electron chi connectivity index (χ1n) is 8.19. The molecule has 27 heavy (non-hydrogen) atoms. The van der Waals surface area contributed by atoms with E-state index >= 15 is 0 Å². The van der Waals surface area contributed by atoms with Crippen LogP contribution in [-0.2, 0) is 12.7 Å². The minimum Gasteiger partial charge on any atom is -0.347 e. The number of carbonyl (C=O) groups excluding carboxylic acids is 1. The van der Waals surface area contributed by atoms with Crippen LogP contribution < -0.4 is 5.32 Å². The lowest BCUT2D eigenvalue weighted by molar-refractivity contribution is -0.137. The smallest absolute Gasteiger partial charge is 0.347 e. The van der Waals surface area contributed by atoms with Crippen LogP contribution in [0, 0.1) is 13.8 Å². The van der Waals surface area contributed by atoms with Crippen molar-refractivity contribution in [2.24, 2.45) is 0 Å². The Morgan fingerprint density at radius 3 is 2.44 bits per heavy atom. The number of amides is 1. The number of halogens is 3. The van der Waals surface area contributed by atoms with Gasteiger partial charge in [-0.25, -0.2) is 4.68 Å². The number of alkyl halides is 3. The van der Waals surface area contributed by atoms with E-state index in [0.29, 0.717) is 11.3 Å². The number of hydrogen-bond donors (Lipinski definition) is 1. The summed E-state index contributed by atoms with van der Waals surface area (Å²) in [5, 5.41) is 10.6. The summed E-state index contributed by atoms with van der Waals surface area (Å²) in [7, 11) is 0. The monoisotopic (exact) mass is 374 g/mol. The van der Waals surface area contributed by atoms with Crippen molar-refractivity contribution in [1.29, 1.82) is 0 Å². The van der Waals surface area contributed by atoms with Crippen LogP contribution in [0.15, 0.2) is 48.5 Å². The highest BCUT2D eigenvalue weighted by atomic mass is 19.4. The highest BCUT2D eigenvalue weighted by Gasteiger charge is 2.29. The molecule has 1 heterocycles. The first kappa shape index (κ1) is 18.6. The second-order valence-corrected chi connectivity index (χ2v) is 6.15. The van der Waals surface area contributed by atoms with Crippen molar-refractivity contribution in [3.05, 3.63) is 76.6 Å². The summed E-state index contributed by atoms with van der Waals surface area (Å²) in [5.41, 5.74) is 2.42. The molecule has 8 heteroatoms. The summed E-state index contributed by atoms with van der Waals surface area (Å²) < 4.78 is 39.3. The molecule has 0 bridgehead atoms. The van der Waals surface area contributed by atoms with Gasteiger partial charge in [-0.15, -0.1) is 5.10 Å². The molecular formula is C19H17F3N4O. The van der Waals surface area contributed by atoms with Crippen molar-refractivity contribution >= 4 is 5.91 Å². The van der Waals surface area contributed by atoms with Gasteiger partial charge in [-0.3, -0.25) is 4.79 Å². The molecule has 0 spiro atoms. The average molecular weight is 374 g/mol. The minimum absolute atomic E-state index is 0.0910. The molecule has 0 fully saturated rings. The van der Waals surface area contributed by atoms with E-state index in [1.807, 2.05) is 31.2 Å². The number of nitrogens with zero attached hydrogens (tertiary/aromatic N) is 3. The number of nitrogens with one attached hydrogen (secondary N) is 1. The van der Waals surface area contributed by atoms with Gasteiger partial charge in [0.15, 0.2) is 5.69 Å². The van der Waals surface area contributed by atoms with Crippen LogP contribution in [-0.4, -0.2) is 20.9 Å². The molecule has 0 saturated carbocycles. The van der Waals surface area contributed by atoms with Gasteiger partial charge in [-0.05, 0) is 49.2 Å². The van der Waals surface area contributed by atoms with Crippen LogP contribution in [0.25, 0.3) is 5.69 Å². The van der Waals surface area contributed by atoms with Gasteiger partial charge in [0.1, 0.15) is 0 Å². The zero-order chi connectivity index (χ0) is 19.6. The van der Waals surface area contributed by atoms with Crippen molar-refractivity contribution < 1.29 is 18.0 Å². The predicted octanol–water partition coefficient (Wildman–Crippen LogP) is 3.83. The standard InChI is InChI=1S/C19H17F3N4O/c1-12-4-3-5-16(10-12)26-13(2)17(24-25-26)18(27)23-11-14-6-8-15(9-7-14)19(20,21)22/h3-10H,11H2,1-2H3,(H,23,27). The minimum atomic E-state index is -4.38. The molecule has 1 aromatic heterocycles. The van der Waals surface area contributed by atoms with Crippen LogP contribution in [0.2, 0.25) is 0 Å². The van der Waals surface area contributed by atoms with Gasteiger partial charge in [0.05, 0.1) is 16.9 Å². The number of benzene rings is 2. The fourth-order valence-corrected chi connectivity index (χ4v) is 2.62. The highest BCUT2D eigenvalue weighted by molar-refractivity contribution is 5.93. The molecular weight excluding hydrogens is 357 g/mol. The Morgan fingerprint density at radius 2 is 1.81 bits per heavy atom. The Morgan fingerprint density at radius 1 is 1.11 bits per heavy atom. The molecule has 5 nitrogen and oxygen atoms in total. The molecule has 3 rings (SSSR count). The van der Waals surface area contributed by atoms with E-state index in [1.165, 1.54) is 12.1 Å². The Balaban J connectivity index is 1.70. The Hall–Kier alpha value is -3.16. The van der Waals surface area contributed by atoms with Crippen molar-refractivity contribution in [2.75, 3.05) is 0 Å². The van der Waals surface area contributed by atoms with Gasteiger partial charge in [0.2, 0.25) is 0 Å². The summed E-state index contributed by atoms with van der Waals surface area (Å²) in [6.45, 7) is 3.77. The molecule has 0 atom stereocenters. The SMILES string of the molecule is Cc1cccc(-n2nnc(C(=O)NCc3ccc(C(F)(F)F)cc3)c2C)c1.